The van der Waals surface area contributed by atoms with E-state index in [-0.39, 0.29) is 11.4 Å². The van der Waals surface area contributed by atoms with Crippen LogP contribution >= 0.6 is 0 Å². The monoisotopic (exact) mass is 340 g/mol. The Labute approximate surface area is 145 Å². The summed E-state index contributed by atoms with van der Waals surface area (Å²) >= 11 is 0. The summed E-state index contributed by atoms with van der Waals surface area (Å²) in [7, 11) is 0. The minimum Gasteiger partial charge on any atom is -0.340 e. The third-order valence-electron chi connectivity index (χ3n) is 5.03. The van der Waals surface area contributed by atoms with Crippen LogP contribution in [0.3, 0.4) is 0 Å². The van der Waals surface area contributed by atoms with Gasteiger partial charge in [0.25, 0.3) is 0 Å². The highest BCUT2D eigenvalue weighted by atomic mass is 19.1. The van der Waals surface area contributed by atoms with Crippen LogP contribution in [-0.4, -0.2) is 15.1 Å². The Morgan fingerprint density at radius 1 is 1.24 bits per heavy atom. The molecule has 5 nitrogen and oxygen atoms in total. The van der Waals surface area contributed by atoms with Gasteiger partial charge in [-0.25, -0.2) is 4.39 Å². The third kappa shape index (κ3) is 3.14. The number of nitrogens with one attached hydrogen (secondary N) is 1. The van der Waals surface area contributed by atoms with Crippen molar-refractivity contribution in [3.8, 4) is 0 Å². The summed E-state index contributed by atoms with van der Waals surface area (Å²) < 4.78 is 19.2. The molecular formula is C19H21FN4O. The lowest BCUT2D eigenvalue weighted by molar-refractivity contribution is 0.211. The van der Waals surface area contributed by atoms with E-state index >= 15 is 0 Å². The van der Waals surface area contributed by atoms with E-state index in [1.807, 2.05) is 12.1 Å². The van der Waals surface area contributed by atoms with Gasteiger partial charge in [-0.05, 0) is 36.6 Å². The first-order valence-electron chi connectivity index (χ1n) is 8.75. The molecule has 2 heterocycles. The van der Waals surface area contributed by atoms with Crippen LogP contribution in [0.15, 0.2) is 35.0 Å². The van der Waals surface area contributed by atoms with E-state index in [2.05, 4.69) is 20.4 Å². The molecule has 0 radical (unpaired) electrons. The molecule has 1 fully saturated rings. The van der Waals surface area contributed by atoms with Crippen LogP contribution < -0.4 is 5.32 Å². The summed E-state index contributed by atoms with van der Waals surface area (Å²) in [5, 5.41) is 8.59. The van der Waals surface area contributed by atoms with E-state index in [1.54, 1.807) is 19.2 Å². The van der Waals surface area contributed by atoms with Gasteiger partial charge in [0.15, 0.2) is 5.82 Å². The Morgan fingerprint density at radius 3 is 2.84 bits per heavy atom. The molecule has 1 N–H and O–H groups in total. The zero-order valence-electron chi connectivity index (χ0n) is 14.3. The zero-order valence-corrected chi connectivity index (χ0v) is 14.3. The molecule has 0 saturated heterocycles. The Hall–Kier alpha value is -2.34. The molecule has 25 heavy (non-hydrogen) atoms. The molecule has 1 aliphatic carbocycles. The molecule has 1 saturated carbocycles. The van der Waals surface area contributed by atoms with Crippen molar-refractivity contribution in [1.82, 2.24) is 20.4 Å². The number of nitrogens with zero attached hydrogens (tertiary/aromatic N) is 3. The summed E-state index contributed by atoms with van der Waals surface area (Å²) in [6, 6.07) is 6.78. The normalized spacial score (nSPS) is 17.0. The van der Waals surface area contributed by atoms with Gasteiger partial charge in [0.05, 0.1) is 11.1 Å². The van der Waals surface area contributed by atoms with Gasteiger partial charge in [-0.2, -0.15) is 4.98 Å². The highest BCUT2D eigenvalue weighted by Crippen LogP contribution is 2.36. The first-order chi connectivity index (χ1) is 12.2. The average Bonchev–Trinajstić information content (AvgIpc) is 3.07. The molecule has 0 unspecified atom stereocenters. The maximum atomic E-state index is 14.0. The Morgan fingerprint density at radius 2 is 2.08 bits per heavy atom. The Kier molecular flexibility index (Phi) is 4.21. The molecule has 130 valence electrons. The van der Waals surface area contributed by atoms with Gasteiger partial charge in [0.2, 0.25) is 5.89 Å². The van der Waals surface area contributed by atoms with E-state index in [0.717, 1.165) is 42.1 Å². The van der Waals surface area contributed by atoms with Crippen LogP contribution in [0.1, 0.15) is 49.4 Å². The topological polar surface area (TPSA) is 63.8 Å². The van der Waals surface area contributed by atoms with E-state index < -0.39 is 0 Å². The SMILES string of the molecule is Cc1nc(C2(NCc3cc(F)cc4cccnc34)CCCCC2)no1. The van der Waals surface area contributed by atoms with Gasteiger partial charge < -0.3 is 9.84 Å². The summed E-state index contributed by atoms with van der Waals surface area (Å²) in [6.07, 6.45) is 7.08. The minimum absolute atomic E-state index is 0.245. The summed E-state index contributed by atoms with van der Waals surface area (Å²) in [5.41, 5.74) is 1.36. The van der Waals surface area contributed by atoms with Crippen molar-refractivity contribution < 1.29 is 8.91 Å². The predicted molar refractivity (Wildman–Crippen MR) is 92.3 cm³/mol. The lowest BCUT2D eigenvalue weighted by Crippen LogP contribution is -2.44. The predicted octanol–water partition coefficient (Wildman–Crippen LogP) is 4.01. The van der Waals surface area contributed by atoms with Crippen LogP contribution in [0.2, 0.25) is 0 Å². The molecule has 1 aromatic carbocycles. The zero-order chi connectivity index (χ0) is 17.3. The molecule has 0 amide bonds. The number of pyridine rings is 1. The van der Waals surface area contributed by atoms with Crippen LogP contribution in [0.5, 0.6) is 0 Å². The van der Waals surface area contributed by atoms with Gasteiger partial charge in [-0.3, -0.25) is 4.98 Å². The number of hydrogen-bond donors (Lipinski definition) is 1. The third-order valence-corrected chi connectivity index (χ3v) is 5.03. The maximum Gasteiger partial charge on any atom is 0.223 e. The smallest absolute Gasteiger partial charge is 0.223 e. The van der Waals surface area contributed by atoms with Gasteiger partial charge >= 0.3 is 0 Å². The molecule has 3 aromatic rings. The standard InChI is InChI=1S/C19H21FN4O/c1-13-23-18(24-25-13)19(7-3-2-4-8-19)22-12-15-11-16(20)10-14-6-5-9-21-17(14)15/h5-6,9-11,22H,2-4,7-8,12H2,1H3. The molecule has 0 spiro atoms. The number of halogens is 1. The number of aryl methyl sites for hydroxylation is 1. The van der Waals surface area contributed by atoms with Crippen molar-refractivity contribution in [2.24, 2.45) is 0 Å². The highest BCUT2D eigenvalue weighted by molar-refractivity contribution is 5.81. The molecule has 0 atom stereocenters. The fraction of sp³-hybridized carbons (Fsp3) is 0.421. The highest BCUT2D eigenvalue weighted by Gasteiger charge is 2.37. The van der Waals surface area contributed by atoms with Crippen molar-refractivity contribution in [3.05, 3.63) is 53.6 Å². The van der Waals surface area contributed by atoms with Crippen LogP contribution in [0.25, 0.3) is 10.9 Å². The van der Waals surface area contributed by atoms with E-state index in [9.17, 15) is 4.39 Å². The van der Waals surface area contributed by atoms with Gasteiger partial charge in [-0.1, -0.05) is 30.5 Å². The van der Waals surface area contributed by atoms with Crippen LogP contribution in [0.4, 0.5) is 4.39 Å². The number of hydrogen-bond acceptors (Lipinski definition) is 5. The maximum absolute atomic E-state index is 14.0. The number of aromatic nitrogens is 3. The molecule has 1 aliphatic rings. The van der Waals surface area contributed by atoms with E-state index in [0.29, 0.717) is 18.3 Å². The second kappa shape index (κ2) is 6.52. The van der Waals surface area contributed by atoms with E-state index in [4.69, 9.17) is 4.52 Å². The summed E-state index contributed by atoms with van der Waals surface area (Å²) in [4.78, 5) is 8.90. The number of rotatable bonds is 4. The molecule has 0 aliphatic heterocycles. The second-order valence-electron chi connectivity index (χ2n) is 6.77. The average molecular weight is 340 g/mol. The van der Waals surface area contributed by atoms with Crippen molar-refractivity contribution in [3.63, 3.8) is 0 Å². The summed E-state index contributed by atoms with van der Waals surface area (Å²) in [5.74, 6) is 1.03. The molecule has 4 rings (SSSR count). The minimum atomic E-state index is -0.316. The fourth-order valence-electron chi connectivity index (χ4n) is 3.76. The molecule has 0 bridgehead atoms. The molecule has 2 aromatic heterocycles. The first-order valence-corrected chi connectivity index (χ1v) is 8.75. The molecular weight excluding hydrogens is 319 g/mol. The van der Waals surface area contributed by atoms with Gasteiger partial charge in [-0.15, -0.1) is 0 Å². The number of benzene rings is 1. The quantitative estimate of drug-likeness (QED) is 0.777. The van der Waals surface area contributed by atoms with Gasteiger partial charge in [0, 0.05) is 25.1 Å². The Balaban J connectivity index is 1.66. The largest absolute Gasteiger partial charge is 0.340 e. The van der Waals surface area contributed by atoms with Crippen LogP contribution in [0, 0.1) is 12.7 Å². The summed E-state index contributed by atoms with van der Waals surface area (Å²) in [6.45, 7) is 2.32. The van der Waals surface area contributed by atoms with Crippen molar-refractivity contribution >= 4 is 10.9 Å². The molecule has 6 heteroatoms. The van der Waals surface area contributed by atoms with E-state index in [1.165, 1.54) is 12.5 Å². The first kappa shape index (κ1) is 16.1. The fourth-order valence-corrected chi connectivity index (χ4v) is 3.76. The van der Waals surface area contributed by atoms with Crippen molar-refractivity contribution in [1.29, 1.82) is 0 Å². The lowest BCUT2D eigenvalue weighted by Gasteiger charge is -2.35. The number of fused-ring (bicyclic) bond motifs is 1. The second-order valence-corrected chi connectivity index (χ2v) is 6.77. The van der Waals surface area contributed by atoms with Crippen molar-refractivity contribution in [2.75, 3.05) is 0 Å². The van der Waals surface area contributed by atoms with Crippen molar-refractivity contribution in [2.45, 2.75) is 51.1 Å². The Bertz CT molecular complexity index is 886. The lowest BCUT2D eigenvalue weighted by atomic mass is 9.81. The van der Waals surface area contributed by atoms with Gasteiger partial charge in [0.1, 0.15) is 5.82 Å². The van der Waals surface area contributed by atoms with Crippen LogP contribution in [-0.2, 0) is 12.1 Å².